The lowest BCUT2D eigenvalue weighted by Crippen LogP contribution is -2.60. The number of nitrogens with zero attached hydrogens (tertiary/aromatic N) is 1. The van der Waals surface area contributed by atoms with Crippen molar-refractivity contribution >= 4 is 46.6 Å². The largest absolute Gasteiger partial charge is 0.356 e. The summed E-state index contributed by atoms with van der Waals surface area (Å²) in [6, 6.07) is 4.06. The summed E-state index contributed by atoms with van der Waals surface area (Å²) >= 11 is 12.2. The number of anilines is 1. The summed E-state index contributed by atoms with van der Waals surface area (Å²) in [7, 11) is 0. The average Bonchev–Trinajstić information content (AvgIpc) is 3.37. The predicted octanol–water partition coefficient (Wildman–Crippen LogP) is 4.72. The Bertz CT molecular complexity index is 1140. The maximum absolute atomic E-state index is 14.0. The number of rotatable bonds is 4. The summed E-state index contributed by atoms with van der Waals surface area (Å²) in [4.78, 5) is 43.2. The van der Waals surface area contributed by atoms with E-state index in [0.29, 0.717) is 15.7 Å². The van der Waals surface area contributed by atoms with Crippen LogP contribution < -0.4 is 10.6 Å². The molecule has 1 aromatic carbocycles. The molecule has 4 aliphatic rings. The van der Waals surface area contributed by atoms with Crippen LogP contribution in [0, 0.1) is 11.8 Å². The monoisotopic (exact) mass is 533 g/mol. The Morgan fingerprint density at radius 2 is 1.75 bits per heavy atom. The van der Waals surface area contributed by atoms with Crippen molar-refractivity contribution in [1.82, 2.24) is 10.2 Å². The van der Waals surface area contributed by atoms with Crippen LogP contribution in [-0.4, -0.2) is 51.4 Å². The molecule has 2 saturated heterocycles. The summed E-state index contributed by atoms with van der Waals surface area (Å²) in [6.07, 6.45) is 8.88. The molecule has 3 heterocycles. The van der Waals surface area contributed by atoms with Gasteiger partial charge in [-0.05, 0) is 58.7 Å². The maximum Gasteiger partial charge on any atom is 0.246 e. The van der Waals surface area contributed by atoms with Crippen LogP contribution in [-0.2, 0) is 19.1 Å². The number of carbonyl (C=O) groups is 3. The number of hydrogen-bond donors (Lipinski definition) is 2. The van der Waals surface area contributed by atoms with Crippen LogP contribution in [0.3, 0.4) is 0 Å². The first kappa shape index (κ1) is 25.6. The number of benzene rings is 1. The van der Waals surface area contributed by atoms with Crippen molar-refractivity contribution in [3.8, 4) is 0 Å². The Morgan fingerprint density at radius 3 is 2.39 bits per heavy atom. The number of amides is 3. The topological polar surface area (TPSA) is 87.7 Å². The second-order valence-corrected chi connectivity index (χ2v) is 12.5. The SMILES string of the molecule is CC12C=CC3(O1)C(C(=O)N(C(C)(C)C)C3C(=O)NC1CCCCC1)C2C(=O)Nc1ccc(Cl)c(Cl)c1. The number of nitrogens with one attached hydrogen (secondary N) is 2. The number of carbonyl (C=O) groups excluding carboxylic acids is 3. The van der Waals surface area contributed by atoms with Crippen LogP contribution in [0.5, 0.6) is 0 Å². The third-order valence-corrected chi connectivity index (χ3v) is 8.83. The van der Waals surface area contributed by atoms with Crippen molar-refractivity contribution in [2.75, 3.05) is 5.32 Å². The molecule has 0 radical (unpaired) electrons. The summed E-state index contributed by atoms with van der Waals surface area (Å²) in [5, 5.41) is 6.79. The van der Waals surface area contributed by atoms with Crippen LogP contribution in [0.1, 0.15) is 59.8 Å². The molecule has 1 saturated carbocycles. The van der Waals surface area contributed by atoms with E-state index >= 15 is 0 Å². The summed E-state index contributed by atoms with van der Waals surface area (Å²) in [5.74, 6) is -2.46. The molecule has 5 unspecified atom stereocenters. The zero-order valence-electron chi connectivity index (χ0n) is 21.1. The first-order chi connectivity index (χ1) is 16.9. The van der Waals surface area contributed by atoms with Crippen molar-refractivity contribution in [1.29, 1.82) is 0 Å². The van der Waals surface area contributed by atoms with Gasteiger partial charge in [0.15, 0.2) is 0 Å². The highest BCUT2D eigenvalue weighted by atomic mass is 35.5. The van der Waals surface area contributed by atoms with Gasteiger partial charge < -0.3 is 20.3 Å². The number of likely N-dealkylation sites (tertiary alicyclic amines) is 1. The first-order valence-electron chi connectivity index (χ1n) is 12.7. The van der Waals surface area contributed by atoms with Gasteiger partial charge in [0.25, 0.3) is 0 Å². The van der Waals surface area contributed by atoms with Gasteiger partial charge in [-0.1, -0.05) is 54.6 Å². The van der Waals surface area contributed by atoms with Crippen molar-refractivity contribution in [3.05, 3.63) is 40.4 Å². The van der Waals surface area contributed by atoms with E-state index in [1.807, 2.05) is 32.9 Å². The van der Waals surface area contributed by atoms with Crippen LogP contribution in [0.4, 0.5) is 5.69 Å². The molecule has 5 atom stereocenters. The highest BCUT2D eigenvalue weighted by molar-refractivity contribution is 6.42. The zero-order valence-corrected chi connectivity index (χ0v) is 22.6. The van der Waals surface area contributed by atoms with Crippen molar-refractivity contribution in [2.24, 2.45) is 11.8 Å². The average molecular weight is 534 g/mol. The van der Waals surface area contributed by atoms with Crippen LogP contribution in [0.25, 0.3) is 0 Å². The number of hydrogen-bond acceptors (Lipinski definition) is 4. The molecule has 194 valence electrons. The summed E-state index contributed by atoms with van der Waals surface area (Å²) in [6.45, 7) is 7.53. The van der Waals surface area contributed by atoms with Gasteiger partial charge in [0.2, 0.25) is 17.7 Å². The molecule has 7 nitrogen and oxygen atoms in total. The van der Waals surface area contributed by atoms with E-state index in [2.05, 4.69) is 10.6 Å². The number of halogens is 2. The molecule has 5 rings (SSSR count). The number of ether oxygens (including phenoxy) is 1. The van der Waals surface area contributed by atoms with E-state index in [0.717, 1.165) is 25.7 Å². The molecule has 3 amide bonds. The Labute approximate surface area is 221 Å². The Hall–Kier alpha value is -2.09. The lowest BCUT2D eigenvalue weighted by atomic mass is 9.70. The van der Waals surface area contributed by atoms with Crippen molar-refractivity contribution in [2.45, 2.75) is 88.6 Å². The smallest absolute Gasteiger partial charge is 0.246 e. The minimum absolute atomic E-state index is 0.0885. The molecule has 1 spiro atoms. The fourth-order valence-corrected chi connectivity index (χ4v) is 6.87. The van der Waals surface area contributed by atoms with Gasteiger partial charge in [-0.25, -0.2) is 0 Å². The summed E-state index contributed by atoms with van der Waals surface area (Å²) < 4.78 is 6.56. The Kier molecular flexibility index (Phi) is 6.21. The highest BCUT2D eigenvalue weighted by Gasteiger charge is 2.77. The van der Waals surface area contributed by atoms with Gasteiger partial charge >= 0.3 is 0 Å². The molecular weight excluding hydrogens is 501 g/mol. The molecule has 2 bridgehead atoms. The number of fused-ring (bicyclic) bond motifs is 1. The molecule has 1 aromatic rings. The molecule has 1 aliphatic carbocycles. The third-order valence-electron chi connectivity index (χ3n) is 8.09. The van der Waals surface area contributed by atoms with Gasteiger partial charge in [0.1, 0.15) is 11.6 Å². The molecular formula is C27H33Cl2N3O4. The maximum atomic E-state index is 14.0. The van der Waals surface area contributed by atoms with Crippen molar-refractivity contribution < 1.29 is 19.1 Å². The molecule has 3 fully saturated rings. The van der Waals surface area contributed by atoms with E-state index in [-0.39, 0.29) is 23.8 Å². The van der Waals surface area contributed by atoms with E-state index in [9.17, 15) is 14.4 Å². The minimum atomic E-state index is -1.21. The molecule has 9 heteroatoms. The fourth-order valence-electron chi connectivity index (χ4n) is 6.57. The van der Waals surface area contributed by atoms with Gasteiger partial charge in [0, 0.05) is 17.3 Å². The van der Waals surface area contributed by atoms with E-state index in [4.69, 9.17) is 27.9 Å². The van der Waals surface area contributed by atoms with Gasteiger partial charge in [0.05, 0.1) is 27.5 Å². The lowest BCUT2D eigenvalue weighted by molar-refractivity contribution is -0.149. The van der Waals surface area contributed by atoms with Gasteiger partial charge in [-0.2, -0.15) is 0 Å². The normalized spacial score (nSPS) is 33.7. The zero-order chi connectivity index (χ0) is 26.0. The second-order valence-electron chi connectivity index (χ2n) is 11.7. The summed E-state index contributed by atoms with van der Waals surface area (Å²) in [5.41, 5.74) is -2.40. The molecule has 2 N–H and O–H groups in total. The van der Waals surface area contributed by atoms with E-state index in [1.165, 1.54) is 6.42 Å². The first-order valence-corrected chi connectivity index (χ1v) is 13.4. The van der Waals surface area contributed by atoms with E-state index < -0.39 is 34.6 Å². The van der Waals surface area contributed by atoms with E-state index in [1.54, 1.807) is 30.0 Å². The highest BCUT2D eigenvalue weighted by Crippen LogP contribution is 2.60. The minimum Gasteiger partial charge on any atom is -0.356 e. The molecule has 0 aromatic heterocycles. The second kappa shape index (κ2) is 8.74. The molecule has 3 aliphatic heterocycles. The van der Waals surface area contributed by atoms with Gasteiger partial charge in [-0.3, -0.25) is 14.4 Å². The van der Waals surface area contributed by atoms with Gasteiger partial charge in [-0.15, -0.1) is 0 Å². The Morgan fingerprint density at radius 1 is 1.06 bits per heavy atom. The lowest BCUT2D eigenvalue weighted by Gasteiger charge is -2.41. The van der Waals surface area contributed by atoms with Crippen LogP contribution >= 0.6 is 23.2 Å². The predicted molar refractivity (Wildman–Crippen MR) is 139 cm³/mol. The third kappa shape index (κ3) is 3.95. The van der Waals surface area contributed by atoms with Crippen LogP contribution in [0.15, 0.2) is 30.4 Å². The standard InChI is InChI=1S/C27H33Cl2N3O4/c1-25(2,3)32-21(23(34)30-15-8-6-5-7-9-15)27-13-12-26(4,36-27)19(20(27)24(32)35)22(33)31-16-10-11-17(28)18(29)14-16/h10-15,19-21H,5-9H2,1-4H3,(H,30,34)(H,31,33). The quantitative estimate of drug-likeness (QED) is 0.548. The van der Waals surface area contributed by atoms with Crippen molar-refractivity contribution in [3.63, 3.8) is 0 Å². The molecule has 36 heavy (non-hydrogen) atoms. The fraction of sp³-hybridized carbons (Fsp3) is 0.593. The van der Waals surface area contributed by atoms with Crippen LogP contribution in [0.2, 0.25) is 10.0 Å². The Balaban J connectivity index is 1.49.